The van der Waals surface area contributed by atoms with Crippen molar-refractivity contribution in [2.45, 2.75) is 25.8 Å². The van der Waals surface area contributed by atoms with Gasteiger partial charge in [0.2, 0.25) is 0 Å². The van der Waals surface area contributed by atoms with E-state index in [1.54, 1.807) is 12.4 Å². The van der Waals surface area contributed by atoms with E-state index in [4.69, 9.17) is 4.74 Å². The van der Waals surface area contributed by atoms with Crippen LogP contribution in [0, 0.1) is 0 Å². The summed E-state index contributed by atoms with van der Waals surface area (Å²) in [5.41, 5.74) is 0. The van der Waals surface area contributed by atoms with Gasteiger partial charge >= 0.3 is 0 Å². The smallest absolute Gasteiger partial charge is 0.191 e. The molecular formula is C18H32IN5O3S. The Morgan fingerprint density at radius 2 is 2.14 bits per heavy atom. The van der Waals surface area contributed by atoms with Crippen LogP contribution in [0.1, 0.15) is 19.8 Å². The molecule has 28 heavy (non-hydrogen) atoms. The van der Waals surface area contributed by atoms with Crippen LogP contribution in [0.15, 0.2) is 29.5 Å². The molecule has 1 aliphatic rings. The van der Waals surface area contributed by atoms with Gasteiger partial charge in [-0.1, -0.05) is 0 Å². The lowest BCUT2D eigenvalue weighted by molar-refractivity contribution is 0.216. The van der Waals surface area contributed by atoms with E-state index in [0.29, 0.717) is 25.7 Å². The second-order valence-corrected chi connectivity index (χ2v) is 8.95. The van der Waals surface area contributed by atoms with Gasteiger partial charge in [0.05, 0.1) is 18.5 Å². The first kappa shape index (κ1) is 24.9. The van der Waals surface area contributed by atoms with Crippen LogP contribution < -0.4 is 15.4 Å². The van der Waals surface area contributed by atoms with Crippen molar-refractivity contribution in [3.63, 3.8) is 0 Å². The van der Waals surface area contributed by atoms with Crippen molar-refractivity contribution in [1.82, 2.24) is 20.5 Å². The van der Waals surface area contributed by atoms with E-state index in [-0.39, 0.29) is 29.7 Å². The molecule has 0 aliphatic carbocycles. The van der Waals surface area contributed by atoms with Gasteiger partial charge in [-0.05, 0) is 31.9 Å². The van der Waals surface area contributed by atoms with Crippen LogP contribution in [0.3, 0.4) is 0 Å². The van der Waals surface area contributed by atoms with E-state index in [1.807, 2.05) is 19.1 Å². The van der Waals surface area contributed by atoms with Crippen molar-refractivity contribution in [2.24, 2.45) is 4.99 Å². The molecule has 0 aromatic carbocycles. The number of aliphatic imine (C=N–C) groups is 1. The first-order valence-electron chi connectivity index (χ1n) is 9.44. The highest BCUT2D eigenvalue weighted by Gasteiger charge is 2.20. The van der Waals surface area contributed by atoms with Gasteiger partial charge in [0.15, 0.2) is 5.96 Å². The third-order valence-electron chi connectivity index (χ3n) is 4.32. The molecule has 0 bridgehead atoms. The summed E-state index contributed by atoms with van der Waals surface area (Å²) in [5, 5.41) is 6.74. The van der Waals surface area contributed by atoms with Gasteiger partial charge in [0.25, 0.3) is 0 Å². The van der Waals surface area contributed by atoms with Crippen molar-refractivity contribution in [2.75, 3.05) is 51.3 Å². The largest absolute Gasteiger partial charge is 0.490 e. The second-order valence-electron chi connectivity index (χ2n) is 6.69. The Balaban J connectivity index is 0.00000392. The molecule has 0 unspecified atom stereocenters. The zero-order valence-electron chi connectivity index (χ0n) is 16.6. The van der Waals surface area contributed by atoms with Gasteiger partial charge in [-0.2, -0.15) is 0 Å². The molecule has 0 radical (unpaired) electrons. The molecule has 2 rings (SSSR count). The number of nitrogens with zero attached hydrogens (tertiary/aromatic N) is 3. The average Bonchev–Trinajstić information content (AvgIpc) is 2.65. The molecule has 8 nitrogen and oxygen atoms in total. The minimum absolute atomic E-state index is 0. The Kier molecular flexibility index (Phi) is 11.7. The van der Waals surface area contributed by atoms with E-state index in [0.717, 1.165) is 44.2 Å². The lowest BCUT2D eigenvalue weighted by Crippen LogP contribution is -2.49. The predicted molar refractivity (Wildman–Crippen MR) is 123 cm³/mol. The minimum Gasteiger partial charge on any atom is -0.490 e. The fourth-order valence-corrected chi connectivity index (χ4v) is 3.45. The molecule has 1 saturated heterocycles. The van der Waals surface area contributed by atoms with Gasteiger partial charge in [0, 0.05) is 44.7 Å². The number of hydrogen-bond donors (Lipinski definition) is 2. The van der Waals surface area contributed by atoms with E-state index in [2.05, 4.69) is 25.5 Å². The molecule has 0 atom stereocenters. The number of piperidine rings is 1. The molecule has 2 N–H and O–H groups in total. The van der Waals surface area contributed by atoms with E-state index in [1.165, 1.54) is 6.26 Å². The molecular weight excluding hydrogens is 493 g/mol. The van der Waals surface area contributed by atoms with Crippen LogP contribution in [0.4, 0.5) is 0 Å². The SMILES string of the molecule is CCNC(=NCCOc1cccnc1)NC1CCN(CCS(C)(=O)=O)CC1.I. The van der Waals surface area contributed by atoms with Crippen LogP contribution in [-0.4, -0.2) is 81.6 Å². The van der Waals surface area contributed by atoms with Crippen LogP contribution >= 0.6 is 24.0 Å². The number of rotatable bonds is 9. The maximum absolute atomic E-state index is 11.3. The lowest BCUT2D eigenvalue weighted by atomic mass is 10.1. The van der Waals surface area contributed by atoms with E-state index in [9.17, 15) is 8.42 Å². The molecule has 10 heteroatoms. The van der Waals surface area contributed by atoms with Gasteiger partial charge < -0.3 is 20.3 Å². The Labute approximate surface area is 185 Å². The van der Waals surface area contributed by atoms with Gasteiger partial charge in [-0.3, -0.25) is 4.98 Å². The third kappa shape index (κ3) is 10.4. The van der Waals surface area contributed by atoms with Crippen molar-refractivity contribution in [1.29, 1.82) is 0 Å². The number of nitrogens with one attached hydrogen (secondary N) is 2. The van der Waals surface area contributed by atoms with Crippen LogP contribution in [0.25, 0.3) is 0 Å². The summed E-state index contributed by atoms with van der Waals surface area (Å²) in [6.45, 7) is 6.29. The standard InChI is InChI=1S/C18H31N5O3S.HI/c1-3-20-18(21-9-13-26-17-5-4-8-19-15-17)22-16-6-10-23(11-7-16)12-14-27(2,24)25;/h4-5,8,15-16H,3,6-7,9-14H2,1-2H3,(H2,20,21,22);1H. The normalized spacial score (nSPS) is 16.3. The summed E-state index contributed by atoms with van der Waals surface area (Å²) < 4.78 is 28.2. The van der Waals surface area contributed by atoms with Crippen molar-refractivity contribution in [3.05, 3.63) is 24.5 Å². The van der Waals surface area contributed by atoms with Crippen LogP contribution in [0.5, 0.6) is 5.75 Å². The maximum atomic E-state index is 11.3. The summed E-state index contributed by atoms with van der Waals surface area (Å²) in [6.07, 6.45) is 6.63. The highest BCUT2D eigenvalue weighted by molar-refractivity contribution is 14.0. The van der Waals surface area contributed by atoms with E-state index >= 15 is 0 Å². The molecule has 160 valence electrons. The Morgan fingerprint density at radius 3 is 2.75 bits per heavy atom. The predicted octanol–water partition coefficient (Wildman–Crippen LogP) is 1.14. The molecule has 0 amide bonds. The first-order chi connectivity index (χ1) is 13.0. The van der Waals surface area contributed by atoms with Crippen molar-refractivity contribution >= 4 is 39.8 Å². The Morgan fingerprint density at radius 1 is 1.39 bits per heavy atom. The molecule has 2 heterocycles. The van der Waals surface area contributed by atoms with Crippen molar-refractivity contribution < 1.29 is 13.2 Å². The van der Waals surface area contributed by atoms with Gasteiger partial charge in [-0.15, -0.1) is 24.0 Å². The number of sulfone groups is 1. The minimum atomic E-state index is -2.90. The van der Waals surface area contributed by atoms with Crippen LogP contribution in [-0.2, 0) is 9.84 Å². The highest BCUT2D eigenvalue weighted by atomic mass is 127. The van der Waals surface area contributed by atoms with E-state index < -0.39 is 9.84 Å². The molecule has 0 saturated carbocycles. The number of pyridine rings is 1. The second kappa shape index (κ2) is 13.2. The van der Waals surface area contributed by atoms with Crippen molar-refractivity contribution in [3.8, 4) is 5.75 Å². The fourth-order valence-electron chi connectivity index (χ4n) is 2.86. The number of hydrogen-bond acceptors (Lipinski definition) is 6. The molecule has 1 aliphatic heterocycles. The average molecular weight is 525 g/mol. The third-order valence-corrected chi connectivity index (χ3v) is 5.24. The summed E-state index contributed by atoms with van der Waals surface area (Å²) >= 11 is 0. The Bertz CT molecular complexity index is 680. The zero-order chi connectivity index (χ0) is 19.5. The quantitative estimate of drug-likeness (QED) is 0.216. The van der Waals surface area contributed by atoms with Gasteiger partial charge in [-0.25, -0.2) is 13.4 Å². The number of likely N-dealkylation sites (tertiary alicyclic amines) is 1. The molecule has 0 spiro atoms. The summed E-state index contributed by atoms with van der Waals surface area (Å²) in [7, 11) is -2.90. The Hall–Kier alpha value is -1.14. The molecule has 1 aromatic rings. The number of aromatic nitrogens is 1. The van der Waals surface area contributed by atoms with Gasteiger partial charge in [0.1, 0.15) is 22.2 Å². The summed E-state index contributed by atoms with van der Waals surface area (Å²) in [5.74, 6) is 1.76. The van der Waals surface area contributed by atoms with Crippen LogP contribution in [0.2, 0.25) is 0 Å². The molecule has 1 fully saturated rings. The summed E-state index contributed by atoms with van der Waals surface area (Å²) in [6, 6.07) is 4.06. The maximum Gasteiger partial charge on any atom is 0.191 e. The number of ether oxygens (including phenoxy) is 1. The molecule has 1 aromatic heterocycles. The monoisotopic (exact) mass is 525 g/mol. The number of halogens is 1. The number of guanidine groups is 1. The topological polar surface area (TPSA) is 95.9 Å². The first-order valence-corrected chi connectivity index (χ1v) is 11.5. The fraction of sp³-hybridized carbons (Fsp3) is 0.667. The zero-order valence-corrected chi connectivity index (χ0v) is 19.8. The highest BCUT2D eigenvalue weighted by Crippen LogP contribution is 2.10. The summed E-state index contributed by atoms with van der Waals surface area (Å²) in [4.78, 5) is 10.8. The lowest BCUT2D eigenvalue weighted by Gasteiger charge is -2.32.